The predicted octanol–water partition coefficient (Wildman–Crippen LogP) is 6.04. The van der Waals surface area contributed by atoms with E-state index in [1.165, 1.54) is 40.3 Å². The highest BCUT2D eigenvalue weighted by Crippen LogP contribution is 2.34. The maximum absolute atomic E-state index is 13.0. The van der Waals surface area contributed by atoms with Crippen molar-refractivity contribution in [2.24, 2.45) is 0 Å². The number of carbonyl (C=O) groups is 2. The van der Waals surface area contributed by atoms with Crippen molar-refractivity contribution in [3.8, 4) is 11.3 Å². The minimum absolute atomic E-state index is 0.0141. The minimum atomic E-state index is -4.48. The van der Waals surface area contributed by atoms with Crippen molar-refractivity contribution in [1.29, 1.82) is 0 Å². The molecule has 0 saturated heterocycles. The highest BCUT2D eigenvalue weighted by molar-refractivity contribution is 14.1. The largest absolute Gasteiger partial charge is 0.476 e. The first-order valence-corrected chi connectivity index (χ1v) is 12.1. The van der Waals surface area contributed by atoms with Gasteiger partial charge in [-0.3, -0.25) is 0 Å². The van der Waals surface area contributed by atoms with Crippen molar-refractivity contribution in [3.63, 3.8) is 0 Å². The highest BCUT2D eigenvalue weighted by atomic mass is 127. The lowest BCUT2D eigenvalue weighted by molar-refractivity contribution is -0.148. The molecular weight excluding hydrogens is 598 g/mol. The van der Waals surface area contributed by atoms with E-state index in [1.807, 2.05) is 22.6 Å². The molecule has 0 spiro atoms. The van der Waals surface area contributed by atoms with E-state index in [0.29, 0.717) is 30.4 Å². The van der Waals surface area contributed by atoms with Gasteiger partial charge in [0.05, 0.1) is 31.9 Å². The number of rotatable bonds is 6. The summed E-state index contributed by atoms with van der Waals surface area (Å²) in [6.07, 6.45) is -1.77. The van der Waals surface area contributed by atoms with Crippen molar-refractivity contribution in [2.45, 2.75) is 46.0 Å². The van der Waals surface area contributed by atoms with Crippen LogP contribution in [0.2, 0.25) is 0 Å². The number of nitrogens with zero attached hydrogens (tertiary/aromatic N) is 3. The second-order valence-corrected chi connectivity index (χ2v) is 10.7. The van der Waals surface area contributed by atoms with Gasteiger partial charge in [-0.15, -0.1) is 11.3 Å². The number of carbonyl (C=O) groups excluding carboxylic acids is 1. The fourth-order valence-electron chi connectivity index (χ4n) is 3.07. The van der Waals surface area contributed by atoms with Crippen LogP contribution in [-0.4, -0.2) is 37.4 Å². The number of aromatic nitrogens is 3. The Bertz CT molecular complexity index is 1290. The molecular formula is C23H21F3IN3O4S. The van der Waals surface area contributed by atoms with E-state index in [-0.39, 0.29) is 12.2 Å². The molecule has 0 fully saturated rings. The Balaban J connectivity index is 2.02. The molecule has 0 radical (unpaired) electrons. The van der Waals surface area contributed by atoms with Gasteiger partial charge in [-0.25, -0.2) is 19.3 Å². The lowest BCUT2D eigenvalue weighted by Crippen LogP contribution is -2.22. The molecule has 12 heteroatoms. The molecule has 0 amide bonds. The third kappa shape index (κ3) is 6.69. The summed E-state index contributed by atoms with van der Waals surface area (Å²) in [6, 6.07) is 4.52. The van der Waals surface area contributed by atoms with E-state index in [9.17, 15) is 27.9 Å². The van der Waals surface area contributed by atoms with Crippen LogP contribution in [0.25, 0.3) is 17.3 Å². The van der Waals surface area contributed by atoms with Crippen LogP contribution in [-0.2, 0) is 22.3 Å². The van der Waals surface area contributed by atoms with Crippen LogP contribution < -0.4 is 0 Å². The molecule has 3 rings (SSSR count). The van der Waals surface area contributed by atoms with Crippen LogP contribution in [0.15, 0.2) is 30.3 Å². The molecule has 0 aliphatic heterocycles. The number of alkyl halides is 3. The average Bonchev–Trinajstić information content (AvgIpc) is 3.25. The molecule has 0 aliphatic carbocycles. The topological polar surface area (TPSA) is 94.3 Å². The zero-order valence-corrected chi connectivity index (χ0v) is 22.1. The molecule has 35 heavy (non-hydrogen) atoms. The van der Waals surface area contributed by atoms with E-state index >= 15 is 0 Å². The molecule has 2 aromatic heterocycles. The van der Waals surface area contributed by atoms with E-state index in [4.69, 9.17) is 4.74 Å². The number of carboxylic acids is 1. The molecule has 2 heterocycles. The summed E-state index contributed by atoms with van der Waals surface area (Å²) in [5.74, 6) is -1.73. The fourth-order valence-corrected chi connectivity index (χ4v) is 4.66. The molecule has 3 aromatic rings. The number of aryl methyl sites for hydroxylation is 1. The first-order valence-electron chi connectivity index (χ1n) is 10.2. The first-order chi connectivity index (χ1) is 16.2. The van der Waals surface area contributed by atoms with Crippen LogP contribution in [0.3, 0.4) is 0 Å². The van der Waals surface area contributed by atoms with Gasteiger partial charge < -0.3 is 9.84 Å². The third-order valence-corrected chi connectivity index (χ3v) is 6.80. The summed E-state index contributed by atoms with van der Waals surface area (Å²) in [4.78, 5) is 28.9. The van der Waals surface area contributed by atoms with Gasteiger partial charge in [-0.2, -0.15) is 18.3 Å². The highest BCUT2D eigenvalue weighted by Gasteiger charge is 2.30. The monoisotopic (exact) mass is 619 g/mol. The van der Waals surface area contributed by atoms with E-state index in [2.05, 4.69) is 10.1 Å². The van der Waals surface area contributed by atoms with Gasteiger partial charge >= 0.3 is 18.1 Å². The number of ether oxygens (including phenoxy) is 1. The third-order valence-electron chi connectivity index (χ3n) is 4.50. The van der Waals surface area contributed by atoms with Crippen molar-refractivity contribution in [3.05, 3.63) is 60.7 Å². The zero-order valence-electron chi connectivity index (χ0n) is 19.1. The Morgan fingerprint density at radius 2 is 1.83 bits per heavy atom. The van der Waals surface area contributed by atoms with Crippen molar-refractivity contribution < 1.29 is 32.6 Å². The lowest BCUT2D eigenvalue weighted by Gasteiger charge is -2.17. The predicted molar refractivity (Wildman–Crippen MR) is 133 cm³/mol. The van der Waals surface area contributed by atoms with Crippen LogP contribution >= 0.6 is 33.9 Å². The van der Waals surface area contributed by atoms with Gasteiger partial charge in [0.2, 0.25) is 0 Å². The molecule has 7 nitrogen and oxygen atoms in total. The Kier molecular flexibility index (Phi) is 7.74. The van der Waals surface area contributed by atoms with Gasteiger partial charge in [-0.05, 0) is 68.5 Å². The molecule has 0 saturated carbocycles. The van der Waals surface area contributed by atoms with Crippen molar-refractivity contribution in [1.82, 2.24) is 14.8 Å². The number of aromatic carboxylic acids is 1. The molecule has 1 aromatic carbocycles. The first kappa shape index (κ1) is 26.9. The Morgan fingerprint density at radius 3 is 2.37 bits per heavy atom. The lowest BCUT2D eigenvalue weighted by atomic mass is 10.1. The van der Waals surface area contributed by atoms with E-state index in [0.717, 1.165) is 12.1 Å². The van der Waals surface area contributed by atoms with Crippen LogP contribution in [0, 0.1) is 10.5 Å². The Labute approximate surface area is 216 Å². The molecule has 0 unspecified atom stereocenters. The summed E-state index contributed by atoms with van der Waals surface area (Å²) in [7, 11) is 0. The summed E-state index contributed by atoms with van der Waals surface area (Å²) < 4.78 is 46.1. The number of esters is 1. The quantitative estimate of drug-likeness (QED) is 0.206. The number of thiazole rings is 1. The second-order valence-electron chi connectivity index (χ2n) is 8.47. The summed E-state index contributed by atoms with van der Waals surface area (Å²) in [5, 5.41) is 14.3. The standard InChI is InChI=1S/C23H21F3IN3O4S/c1-12-18(27)20(21(32)33)30(29-12)11-16-28-19(13-5-7-14(8-6-13)23(24,25)26)15(35-16)9-10-17(31)34-22(2,3)4/h5-10H,11H2,1-4H3,(H,32,33). The van der Waals surface area contributed by atoms with Crippen LogP contribution in [0.5, 0.6) is 0 Å². The van der Waals surface area contributed by atoms with E-state index < -0.39 is 29.3 Å². The molecule has 0 bridgehead atoms. The van der Waals surface area contributed by atoms with E-state index in [1.54, 1.807) is 27.7 Å². The van der Waals surface area contributed by atoms with Gasteiger partial charge in [0, 0.05) is 11.6 Å². The van der Waals surface area contributed by atoms with Gasteiger partial charge in [0.15, 0.2) is 5.69 Å². The van der Waals surface area contributed by atoms with Gasteiger partial charge in [0.1, 0.15) is 10.6 Å². The Hall–Kier alpha value is -2.74. The molecule has 0 aliphatic rings. The SMILES string of the molecule is Cc1nn(Cc2nc(-c3ccc(C(F)(F)F)cc3)c(C=CC(=O)OC(C)(C)C)s2)c(C(=O)O)c1I. The number of halogens is 4. The molecule has 186 valence electrons. The smallest absolute Gasteiger partial charge is 0.416 e. The van der Waals surface area contributed by atoms with Crippen molar-refractivity contribution in [2.75, 3.05) is 0 Å². The van der Waals surface area contributed by atoms with Crippen molar-refractivity contribution >= 4 is 51.9 Å². The molecule has 0 atom stereocenters. The average molecular weight is 619 g/mol. The maximum atomic E-state index is 13.0. The molecule has 1 N–H and O–H groups in total. The number of benzene rings is 1. The normalized spacial score (nSPS) is 12.3. The Morgan fingerprint density at radius 1 is 1.20 bits per heavy atom. The fraction of sp³-hybridized carbons (Fsp3) is 0.304. The summed E-state index contributed by atoms with van der Waals surface area (Å²) in [6.45, 7) is 6.90. The number of hydrogen-bond acceptors (Lipinski definition) is 6. The second kappa shape index (κ2) is 10.1. The summed E-state index contributed by atoms with van der Waals surface area (Å²) in [5.41, 5.74) is -0.162. The van der Waals surface area contributed by atoms with Gasteiger partial charge in [-0.1, -0.05) is 12.1 Å². The number of hydrogen-bond donors (Lipinski definition) is 1. The summed E-state index contributed by atoms with van der Waals surface area (Å²) >= 11 is 3.08. The van der Waals surface area contributed by atoms with Gasteiger partial charge in [0.25, 0.3) is 0 Å². The maximum Gasteiger partial charge on any atom is 0.416 e. The van der Waals surface area contributed by atoms with Crippen LogP contribution in [0.1, 0.15) is 52.4 Å². The zero-order chi connectivity index (χ0) is 26.1. The minimum Gasteiger partial charge on any atom is -0.476 e. The number of carboxylic acid groups (broad SMARTS) is 1. The van der Waals surface area contributed by atoms with Crippen LogP contribution in [0.4, 0.5) is 13.2 Å².